The second-order valence-corrected chi connectivity index (χ2v) is 6.34. The fraction of sp³-hybridized carbons (Fsp3) is 0.400. The summed E-state index contributed by atoms with van der Waals surface area (Å²) in [7, 11) is 3.18. The van der Waals surface area contributed by atoms with Crippen molar-refractivity contribution < 1.29 is 19.0 Å². The molecule has 1 aromatic carbocycles. The van der Waals surface area contributed by atoms with Gasteiger partial charge in [-0.25, -0.2) is 4.98 Å². The predicted octanol–water partition coefficient (Wildman–Crippen LogP) is 3.03. The van der Waals surface area contributed by atoms with Crippen molar-refractivity contribution in [1.29, 1.82) is 0 Å². The number of hydrogen-bond donors (Lipinski definition) is 0. The third-order valence-corrected chi connectivity index (χ3v) is 4.52. The Balaban J connectivity index is 1.58. The highest BCUT2D eigenvalue weighted by atomic mass is 16.5. The summed E-state index contributed by atoms with van der Waals surface area (Å²) >= 11 is 0. The number of hydrogen-bond acceptors (Lipinski definition) is 5. The van der Waals surface area contributed by atoms with Crippen LogP contribution < -0.4 is 14.2 Å². The Hall–Kier alpha value is -2.76. The van der Waals surface area contributed by atoms with Crippen molar-refractivity contribution in [2.75, 3.05) is 33.9 Å². The van der Waals surface area contributed by atoms with Gasteiger partial charge in [0.2, 0.25) is 5.88 Å². The standard InChI is InChI=1S/C20H24N2O4/c1-24-17-6-3-7-18(12-17)26-14-15-5-4-10-22(13-15)20(23)16-8-9-21-19(11-16)25-2/h3,6-9,11-12,15H,4-5,10,13-14H2,1-2H3. The van der Waals surface area contributed by atoms with Gasteiger partial charge in [-0.15, -0.1) is 0 Å². The van der Waals surface area contributed by atoms with Gasteiger partial charge in [0.25, 0.3) is 5.91 Å². The van der Waals surface area contributed by atoms with Crippen molar-refractivity contribution in [1.82, 2.24) is 9.88 Å². The number of rotatable bonds is 6. The topological polar surface area (TPSA) is 60.9 Å². The molecule has 0 aliphatic carbocycles. The first-order valence-corrected chi connectivity index (χ1v) is 8.76. The third kappa shape index (κ3) is 4.45. The van der Waals surface area contributed by atoms with Crippen molar-refractivity contribution in [3.63, 3.8) is 0 Å². The highest BCUT2D eigenvalue weighted by Gasteiger charge is 2.25. The lowest BCUT2D eigenvalue weighted by Crippen LogP contribution is -2.41. The van der Waals surface area contributed by atoms with E-state index in [9.17, 15) is 4.79 Å². The van der Waals surface area contributed by atoms with Crippen LogP contribution in [-0.2, 0) is 0 Å². The number of likely N-dealkylation sites (tertiary alicyclic amines) is 1. The van der Waals surface area contributed by atoms with E-state index >= 15 is 0 Å². The first-order chi connectivity index (χ1) is 12.7. The molecule has 0 bridgehead atoms. The molecule has 1 fully saturated rings. The van der Waals surface area contributed by atoms with Crippen LogP contribution in [0.25, 0.3) is 0 Å². The van der Waals surface area contributed by atoms with E-state index in [4.69, 9.17) is 14.2 Å². The monoisotopic (exact) mass is 356 g/mol. The molecule has 3 rings (SSSR count). The lowest BCUT2D eigenvalue weighted by Gasteiger charge is -2.32. The van der Waals surface area contributed by atoms with Gasteiger partial charge in [-0.2, -0.15) is 0 Å². The van der Waals surface area contributed by atoms with Crippen molar-refractivity contribution in [3.05, 3.63) is 48.2 Å². The lowest BCUT2D eigenvalue weighted by molar-refractivity contribution is 0.0633. The van der Waals surface area contributed by atoms with Crippen LogP contribution in [-0.4, -0.2) is 49.7 Å². The van der Waals surface area contributed by atoms with Crippen molar-refractivity contribution >= 4 is 5.91 Å². The molecule has 2 heterocycles. The molecule has 2 aromatic rings. The van der Waals surface area contributed by atoms with Gasteiger partial charge in [-0.1, -0.05) is 6.07 Å². The summed E-state index contributed by atoms with van der Waals surface area (Å²) in [6.07, 6.45) is 3.62. The fourth-order valence-electron chi connectivity index (χ4n) is 3.13. The maximum Gasteiger partial charge on any atom is 0.254 e. The number of nitrogens with zero attached hydrogens (tertiary/aromatic N) is 2. The Kier molecular flexibility index (Phi) is 5.94. The number of carbonyl (C=O) groups excluding carboxylic acids is 1. The lowest BCUT2D eigenvalue weighted by atomic mass is 9.98. The first kappa shape index (κ1) is 18.0. The summed E-state index contributed by atoms with van der Waals surface area (Å²) in [6.45, 7) is 2.03. The molecule has 1 aromatic heterocycles. The SMILES string of the molecule is COc1cccc(OCC2CCCN(C(=O)c3ccnc(OC)c3)C2)c1. The molecule has 26 heavy (non-hydrogen) atoms. The van der Waals surface area contributed by atoms with Crippen molar-refractivity contribution in [3.8, 4) is 17.4 Å². The summed E-state index contributed by atoms with van der Waals surface area (Å²) in [4.78, 5) is 18.7. The van der Waals surface area contributed by atoms with Gasteiger partial charge in [0.15, 0.2) is 0 Å². The molecule has 1 amide bonds. The molecule has 6 nitrogen and oxygen atoms in total. The van der Waals surface area contributed by atoms with Gasteiger partial charge in [0.05, 0.1) is 20.8 Å². The van der Waals surface area contributed by atoms with E-state index in [1.165, 1.54) is 0 Å². The zero-order chi connectivity index (χ0) is 18.4. The van der Waals surface area contributed by atoms with Crippen LogP contribution in [0.5, 0.6) is 17.4 Å². The minimum Gasteiger partial charge on any atom is -0.497 e. The normalized spacial score (nSPS) is 16.8. The second-order valence-electron chi connectivity index (χ2n) is 6.34. The minimum atomic E-state index is 0.0109. The quantitative estimate of drug-likeness (QED) is 0.796. The van der Waals surface area contributed by atoms with Gasteiger partial charge >= 0.3 is 0 Å². The molecule has 0 spiro atoms. The highest BCUT2D eigenvalue weighted by molar-refractivity contribution is 5.94. The van der Waals surface area contributed by atoms with Gasteiger partial charge in [0, 0.05) is 42.9 Å². The van der Waals surface area contributed by atoms with Crippen molar-refractivity contribution in [2.45, 2.75) is 12.8 Å². The molecule has 0 radical (unpaired) electrons. The van der Waals surface area contributed by atoms with E-state index in [2.05, 4.69) is 4.98 Å². The molecular formula is C20H24N2O4. The zero-order valence-corrected chi connectivity index (χ0v) is 15.2. The molecule has 138 valence electrons. The number of carbonyl (C=O) groups is 1. The van der Waals surface area contributed by atoms with E-state index in [-0.39, 0.29) is 5.91 Å². The van der Waals surface area contributed by atoms with Crippen LogP contribution in [0.15, 0.2) is 42.6 Å². The predicted molar refractivity (Wildman–Crippen MR) is 97.9 cm³/mol. The number of piperidine rings is 1. The number of ether oxygens (including phenoxy) is 3. The minimum absolute atomic E-state index is 0.0109. The molecule has 1 saturated heterocycles. The molecular weight excluding hydrogens is 332 g/mol. The van der Waals surface area contributed by atoms with Crippen LogP contribution in [0, 0.1) is 5.92 Å². The van der Waals surface area contributed by atoms with Gasteiger partial charge < -0.3 is 19.1 Å². The summed E-state index contributed by atoms with van der Waals surface area (Å²) in [6, 6.07) is 11.0. The molecule has 1 aliphatic rings. The maximum absolute atomic E-state index is 12.8. The van der Waals surface area contributed by atoms with Gasteiger partial charge in [0.1, 0.15) is 11.5 Å². The van der Waals surface area contributed by atoms with Crippen LogP contribution in [0.4, 0.5) is 0 Å². The van der Waals surface area contributed by atoms with Crippen LogP contribution in [0.1, 0.15) is 23.2 Å². The Labute approximate surface area is 153 Å². The summed E-state index contributed by atoms with van der Waals surface area (Å²) in [5.74, 6) is 2.33. The summed E-state index contributed by atoms with van der Waals surface area (Å²) in [5.41, 5.74) is 0.603. The average molecular weight is 356 g/mol. The van der Waals surface area contributed by atoms with Crippen LogP contribution >= 0.6 is 0 Å². The first-order valence-electron chi connectivity index (χ1n) is 8.76. The average Bonchev–Trinajstić information content (AvgIpc) is 2.72. The van der Waals surface area contributed by atoms with Crippen LogP contribution in [0.3, 0.4) is 0 Å². The van der Waals surface area contributed by atoms with E-state index in [1.807, 2.05) is 29.2 Å². The smallest absolute Gasteiger partial charge is 0.254 e. The Bertz CT molecular complexity index is 750. The Morgan fingerprint density at radius 1 is 1.19 bits per heavy atom. The molecule has 0 saturated carbocycles. The number of aromatic nitrogens is 1. The maximum atomic E-state index is 12.8. The van der Waals surface area contributed by atoms with E-state index in [1.54, 1.807) is 32.5 Å². The Morgan fingerprint density at radius 3 is 2.85 bits per heavy atom. The molecule has 1 atom stereocenters. The third-order valence-electron chi connectivity index (χ3n) is 4.52. The van der Waals surface area contributed by atoms with E-state index in [0.717, 1.165) is 30.9 Å². The molecule has 1 unspecified atom stereocenters. The second kappa shape index (κ2) is 8.56. The molecule has 0 N–H and O–H groups in total. The fourth-order valence-corrected chi connectivity index (χ4v) is 3.13. The number of pyridine rings is 1. The van der Waals surface area contributed by atoms with Crippen molar-refractivity contribution in [2.24, 2.45) is 5.92 Å². The van der Waals surface area contributed by atoms with Gasteiger partial charge in [-0.05, 0) is 31.0 Å². The highest BCUT2D eigenvalue weighted by Crippen LogP contribution is 2.23. The number of amides is 1. The van der Waals surface area contributed by atoms with Gasteiger partial charge in [-0.3, -0.25) is 4.79 Å². The zero-order valence-electron chi connectivity index (χ0n) is 15.2. The van der Waals surface area contributed by atoms with E-state index in [0.29, 0.717) is 30.5 Å². The van der Waals surface area contributed by atoms with E-state index < -0.39 is 0 Å². The molecule has 1 aliphatic heterocycles. The number of methoxy groups -OCH3 is 2. The largest absolute Gasteiger partial charge is 0.497 e. The molecule has 6 heteroatoms. The van der Waals surface area contributed by atoms with Crippen LogP contribution in [0.2, 0.25) is 0 Å². The Morgan fingerprint density at radius 2 is 2.04 bits per heavy atom. The summed E-state index contributed by atoms with van der Waals surface area (Å²) in [5, 5.41) is 0. The summed E-state index contributed by atoms with van der Waals surface area (Å²) < 4.78 is 16.2. The number of benzene rings is 1.